The van der Waals surface area contributed by atoms with E-state index in [0.717, 1.165) is 12.8 Å². The molecule has 17 heavy (non-hydrogen) atoms. The van der Waals surface area contributed by atoms with Gasteiger partial charge in [0.05, 0.1) is 5.02 Å². The monoisotopic (exact) mass is 255 g/mol. The lowest BCUT2D eigenvalue weighted by Crippen LogP contribution is -2.26. The molecule has 1 unspecified atom stereocenters. The highest BCUT2D eigenvalue weighted by atomic mass is 35.5. The Bertz CT molecular complexity index is 431. The van der Waals surface area contributed by atoms with E-state index in [4.69, 9.17) is 17.3 Å². The van der Waals surface area contributed by atoms with Crippen molar-refractivity contribution >= 4 is 17.4 Å². The number of halogens is 2. The van der Waals surface area contributed by atoms with Gasteiger partial charge in [-0.25, -0.2) is 4.39 Å². The zero-order chi connectivity index (χ0) is 12.4. The predicted octanol–water partition coefficient (Wildman–Crippen LogP) is 2.72. The van der Waals surface area contributed by atoms with Crippen molar-refractivity contribution < 1.29 is 9.18 Å². The van der Waals surface area contributed by atoms with Gasteiger partial charge in [0.1, 0.15) is 11.6 Å². The molecule has 1 saturated carbocycles. The molecule has 1 aliphatic carbocycles. The number of hydrogen-bond acceptors (Lipinski definition) is 2. The molecule has 2 rings (SSSR count). The van der Waals surface area contributed by atoms with E-state index >= 15 is 0 Å². The average molecular weight is 256 g/mol. The molecule has 2 N–H and O–H groups in total. The minimum atomic E-state index is -0.498. The van der Waals surface area contributed by atoms with Crippen LogP contribution in [-0.2, 0) is 11.2 Å². The summed E-state index contributed by atoms with van der Waals surface area (Å²) in [5, 5.41) is 0.0572. The molecular weight excluding hydrogens is 241 g/mol. The molecule has 1 aromatic carbocycles. The minimum absolute atomic E-state index is 0.0226. The molecule has 4 heteroatoms. The predicted molar refractivity (Wildman–Crippen MR) is 65.4 cm³/mol. The Labute approximate surface area is 105 Å². The third-order valence-electron chi connectivity index (χ3n) is 3.11. The van der Waals surface area contributed by atoms with Crippen LogP contribution in [0.25, 0.3) is 0 Å². The first-order chi connectivity index (χ1) is 8.08. The molecule has 1 atom stereocenters. The van der Waals surface area contributed by atoms with Crippen LogP contribution in [0, 0.1) is 11.7 Å². The number of carbonyl (C=O) groups is 1. The number of benzene rings is 1. The lowest BCUT2D eigenvalue weighted by molar-refractivity contribution is -0.118. The number of hydrogen-bond donors (Lipinski definition) is 1. The van der Waals surface area contributed by atoms with Gasteiger partial charge in [-0.05, 0) is 30.4 Å². The molecule has 1 aliphatic rings. The lowest BCUT2D eigenvalue weighted by Gasteiger charge is -2.09. The summed E-state index contributed by atoms with van der Waals surface area (Å²) in [4.78, 5) is 11.7. The average Bonchev–Trinajstić information content (AvgIpc) is 3.08. The fraction of sp³-hybridized carbons (Fsp3) is 0.462. The number of Topliss-reactive ketones (excluding diaryl/α,β-unsaturated/α-hetero) is 1. The first kappa shape index (κ1) is 12.5. The van der Waals surface area contributed by atoms with Crippen LogP contribution in [-0.4, -0.2) is 11.8 Å². The van der Waals surface area contributed by atoms with Crippen molar-refractivity contribution in [3.63, 3.8) is 0 Å². The summed E-state index contributed by atoms with van der Waals surface area (Å²) in [5.41, 5.74) is 6.21. The van der Waals surface area contributed by atoms with Crippen LogP contribution in [0.2, 0.25) is 5.02 Å². The maximum atomic E-state index is 13.6. The number of rotatable bonds is 5. The Hall–Kier alpha value is -0.930. The summed E-state index contributed by atoms with van der Waals surface area (Å²) in [5.74, 6) is -0.0313. The molecule has 0 heterocycles. The maximum absolute atomic E-state index is 13.6. The van der Waals surface area contributed by atoms with Crippen molar-refractivity contribution in [1.29, 1.82) is 0 Å². The molecule has 0 aromatic heterocycles. The van der Waals surface area contributed by atoms with E-state index in [1.54, 1.807) is 12.1 Å². The quantitative estimate of drug-likeness (QED) is 0.879. The van der Waals surface area contributed by atoms with Crippen molar-refractivity contribution in [1.82, 2.24) is 0 Å². The van der Waals surface area contributed by atoms with Gasteiger partial charge in [0.25, 0.3) is 0 Å². The first-order valence-corrected chi connectivity index (χ1v) is 6.16. The van der Waals surface area contributed by atoms with E-state index in [9.17, 15) is 9.18 Å². The summed E-state index contributed by atoms with van der Waals surface area (Å²) in [6.45, 7) is 0. The highest BCUT2D eigenvalue weighted by Crippen LogP contribution is 2.33. The zero-order valence-corrected chi connectivity index (χ0v) is 10.2. The van der Waals surface area contributed by atoms with E-state index in [-0.39, 0.29) is 23.3 Å². The zero-order valence-electron chi connectivity index (χ0n) is 9.46. The summed E-state index contributed by atoms with van der Waals surface area (Å²) >= 11 is 5.65. The van der Waals surface area contributed by atoms with Gasteiger partial charge in [0.15, 0.2) is 0 Å². The van der Waals surface area contributed by atoms with Crippen LogP contribution in [0.15, 0.2) is 18.2 Å². The number of nitrogens with two attached hydrogens (primary N) is 1. The second kappa shape index (κ2) is 5.15. The normalized spacial score (nSPS) is 16.9. The van der Waals surface area contributed by atoms with Crippen LogP contribution in [0.3, 0.4) is 0 Å². The van der Waals surface area contributed by atoms with E-state index in [1.807, 2.05) is 0 Å². The molecule has 0 bridgehead atoms. The van der Waals surface area contributed by atoms with E-state index < -0.39 is 5.82 Å². The van der Waals surface area contributed by atoms with Gasteiger partial charge in [0, 0.05) is 18.9 Å². The van der Waals surface area contributed by atoms with Crippen molar-refractivity contribution in [2.75, 3.05) is 0 Å². The van der Waals surface area contributed by atoms with Crippen molar-refractivity contribution in [2.45, 2.75) is 31.7 Å². The fourth-order valence-electron chi connectivity index (χ4n) is 1.92. The van der Waals surface area contributed by atoms with Crippen molar-refractivity contribution in [3.05, 3.63) is 34.6 Å². The van der Waals surface area contributed by atoms with E-state index in [2.05, 4.69) is 0 Å². The molecule has 1 fully saturated rings. The second-order valence-corrected chi connectivity index (χ2v) is 5.04. The molecule has 0 radical (unpaired) electrons. The molecule has 0 aliphatic heterocycles. The SMILES string of the molecule is NC(CC(=O)Cc1cccc(Cl)c1F)C1CC1. The largest absolute Gasteiger partial charge is 0.327 e. The molecule has 2 nitrogen and oxygen atoms in total. The Morgan fingerprint density at radius 1 is 1.53 bits per heavy atom. The number of carbonyl (C=O) groups excluding carboxylic acids is 1. The third kappa shape index (κ3) is 3.27. The summed E-state index contributed by atoms with van der Waals surface area (Å²) in [6.07, 6.45) is 2.63. The standard InChI is InChI=1S/C13H15ClFNO/c14-11-3-1-2-9(13(11)15)6-10(17)7-12(16)8-4-5-8/h1-3,8,12H,4-7,16H2. The molecule has 0 saturated heterocycles. The third-order valence-corrected chi connectivity index (χ3v) is 3.40. The lowest BCUT2D eigenvalue weighted by atomic mass is 10.0. The molecule has 1 aromatic rings. The topological polar surface area (TPSA) is 43.1 Å². The fourth-order valence-corrected chi connectivity index (χ4v) is 2.12. The Balaban J connectivity index is 1.95. The van der Waals surface area contributed by atoms with Crippen LogP contribution in [0.4, 0.5) is 4.39 Å². The summed E-state index contributed by atoms with van der Waals surface area (Å²) < 4.78 is 13.6. The molecule has 0 spiro atoms. The smallest absolute Gasteiger partial charge is 0.145 e. The van der Waals surface area contributed by atoms with Crippen molar-refractivity contribution in [3.8, 4) is 0 Å². The van der Waals surface area contributed by atoms with Crippen LogP contribution in [0.1, 0.15) is 24.8 Å². The molecule has 0 amide bonds. The van der Waals surface area contributed by atoms with E-state index in [0.29, 0.717) is 17.9 Å². The van der Waals surface area contributed by atoms with Gasteiger partial charge in [-0.3, -0.25) is 4.79 Å². The maximum Gasteiger partial charge on any atom is 0.145 e. The summed E-state index contributed by atoms with van der Waals surface area (Å²) in [6, 6.07) is 4.64. The van der Waals surface area contributed by atoms with Crippen molar-refractivity contribution in [2.24, 2.45) is 11.7 Å². The Morgan fingerprint density at radius 2 is 2.24 bits per heavy atom. The second-order valence-electron chi connectivity index (χ2n) is 4.63. The summed E-state index contributed by atoms with van der Waals surface area (Å²) in [7, 11) is 0. The highest BCUT2D eigenvalue weighted by Gasteiger charge is 2.29. The number of ketones is 1. The van der Waals surface area contributed by atoms with E-state index in [1.165, 1.54) is 6.07 Å². The van der Waals surface area contributed by atoms with Crippen LogP contribution in [0.5, 0.6) is 0 Å². The highest BCUT2D eigenvalue weighted by molar-refractivity contribution is 6.30. The minimum Gasteiger partial charge on any atom is -0.327 e. The van der Waals surface area contributed by atoms with Gasteiger partial charge in [-0.2, -0.15) is 0 Å². The van der Waals surface area contributed by atoms with Crippen LogP contribution < -0.4 is 5.73 Å². The van der Waals surface area contributed by atoms with Gasteiger partial charge in [-0.15, -0.1) is 0 Å². The van der Waals surface area contributed by atoms with Gasteiger partial charge in [0.2, 0.25) is 0 Å². The van der Waals surface area contributed by atoms with Gasteiger partial charge in [-0.1, -0.05) is 23.7 Å². The van der Waals surface area contributed by atoms with Gasteiger partial charge < -0.3 is 5.73 Å². The molecular formula is C13H15ClFNO. The Kier molecular flexibility index (Phi) is 3.79. The Morgan fingerprint density at radius 3 is 2.88 bits per heavy atom. The van der Waals surface area contributed by atoms with Crippen LogP contribution >= 0.6 is 11.6 Å². The molecule has 92 valence electrons. The first-order valence-electron chi connectivity index (χ1n) is 5.78. The van der Waals surface area contributed by atoms with Gasteiger partial charge >= 0.3 is 0 Å².